The van der Waals surface area contributed by atoms with Gasteiger partial charge in [-0.1, -0.05) is 17.7 Å². The van der Waals surface area contributed by atoms with Gasteiger partial charge in [0.1, 0.15) is 6.10 Å². The van der Waals surface area contributed by atoms with Gasteiger partial charge in [0.15, 0.2) is 6.17 Å². The standard InChI is InChI=1S/C8H10ClFO/c1-5-3-4-6(9)8(11-2)7(5)10/h3-4,7-8H,1-2H3. The van der Waals surface area contributed by atoms with Gasteiger partial charge in [-0.15, -0.1) is 0 Å². The van der Waals surface area contributed by atoms with Crippen LogP contribution in [0.25, 0.3) is 0 Å². The zero-order valence-corrected chi connectivity index (χ0v) is 7.23. The Labute approximate surface area is 70.5 Å². The third kappa shape index (κ3) is 1.63. The molecule has 0 aromatic heterocycles. The first kappa shape index (κ1) is 8.75. The minimum Gasteiger partial charge on any atom is -0.372 e. The Morgan fingerprint density at radius 1 is 1.55 bits per heavy atom. The highest BCUT2D eigenvalue weighted by Gasteiger charge is 2.27. The summed E-state index contributed by atoms with van der Waals surface area (Å²) in [4.78, 5) is 0. The molecule has 2 unspecified atom stereocenters. The third-order valence-corrected chi connectivity index (χ3v) is 2.07. The van der Waals surface area contributed by atoms with Crippen molar-refractivity contribution in [2.45, 2.75) is 19.2 Å². The number of methoxy groups -OCH3 is 1. The molecular formula is C8H10ClFO. The van der Waals surface area contributed by atoms with Gasteiger partial charge >= 0.3 is 0 Å². The maximum Gasteiger partial charge on any atom is 0.152 e. The second-order valence-corrected chi connectivity index (χ2v) is 2.96. The van der Waals surface area contributed by atoms with Crippen LogP contribution in [0.1, 0.15) is 6.92 Å². The van der Waals surface area contributed by atoms with Crippen LogP contribution in [-0.4, -0.2) is 19.4 Å². The lowest BCUT2D eigenvalue weighted by Gasteiger charge is -2.22. The van der Waals surface area contributed by atoms with Crippen LogP contribution >= 0.6 is 11.6 Å². The molecular weight excluding hydrogens is 167 g/mol. The van der Waals surface area contributed by atoms with Crippen LogP contribution in [0.4, 0.5) is 4.39 Å². The lowest BCUT2D eigenvalue weighted by molar-refractivity contribution is 0.0774. The fraction of sp³-hybridized carbons (Fsp3) is 0.500. The molecule has 0 saturated carbocycles. The van der Waals surface area contributed by atoms with Crippen molar-refractivity contribution in [3.63, 3.8) is 0 Å². The van der Waals surface area contributed by atoms with Crippen molar-refractivity contribution in [2.24, 2.45) is 0 Å². The highest BCUT2D eigenvalue weighted by Crippen LogP contribution is 2.26. The van der Waals surface area contributed by atoms with E-state index in [-0.39, 0.29) is 0 Å². The highest BCUT2D eigenvalue weighted by atomic mass is 35.5. The molecule has 0 fully saturated rings. The molecule has 3 heteroatoms. The number of rotatable bonds is 1. The van der Waals surface area contributed by atoms with Crippen molar-refractivity contribution < 1.29 is 9.13 Å². The highest BCUT2D eigenvalue weighted by molar-refractivity contribution is 6.30. The number of hydrogen-bond acceptors (Lipinski definition) is 1. The zero-order chi connectivity index (χ0) is 8.43. The summed E-state index contributed by atoms with van der Waals surface area (Å²) in [6.45, 7) is 1.72. The molecule has 2 atom stereocenters. The van der Waals surface area contributed by atoms with E-state index in [2.05, 4.69) is 0 Å². The van der Waals surface area contributed by atoms with Crippen molar-refractivity contribution in [3.05, 3.63) is 22.8 Å². The average molecular weight is 177 g/mol. The summed E-state index contributed by atoms with van der Waals surface area (Å²) in [6, 6.07) is 0. The van der Waals surface area contributed by atoms with Crippen LogP contribution in [0, 0.1) is 0 Å². The topological polar surface area (TPSA) is 9.23 Å². The lowest BCUT2D eigenvalue weighted by Crippen LogP contribution is -2.27. The first-order chi connectivity index (χ1) is 5.16. The number of halogens is 2. The van der Waals surface area contributed by atoms with E-state index in [1.807, 2.05) is 0 Å². The number of allylic oxidation sites excluding steroid dienone is 2. The average Bonchev–Trinajstić information content (AvgIpc) is 1.99. The molecule has 62 valence electrons. The molecule has 0 aliphatic heterocycles. The normalized spacial score (nSPS) is 31.3. The smallest absolute Gasteiger partial charge is 0.152 e. The van der Waals surface area contributed by atoms with Crippen molar-refractivity contribution in [1.82, 2.24) is 0 Å². The summed E-state index contributed by atoms with van der Waals surface area (Å²) in [6.07, 6.45) is 1.63. The fourth-order valence-corrected chi connectivity index (χ4v) is 1.27. The second kappa shape index (κ2) is 3.37. The van der Waals surface area contributed by atoms with Crippen molar-refractivity contribution in [2.75, 3.05) is 7.11 Å². The predicted octanol–water partition coefficient (Wildman–Crippen LogP) is 2.42. The predicted molar refractivity (Wildman–Crippen MR) is 43.4 cm³/mol. The van der Waals surface area contributed by atoms with E-state index in [0.29, 0.717) is 10.6 Å². The number of alkyl halides is 1. The summed E-state index contributed by atoms with van der Waals surface area (Å²) in [7, 11) is 1.45. The van der Waals surface area contributed by atoms with Crippen LogP contribution in [0.5, 0.6) is 0 Å². The van der Waals surface area contributed by atoms with Gasteiger partial charge in [0.05, 0.1) is 5.03 Å². The molecule has 0 saturated heterocycles. The van der Waals surface area contributed by atoms with Crippen LogP contribution in [0.3, 0.4) is 0 Å². The molecule has 0 radical (unpaired) electrons. The van der Waals surface area contributed by atoms with Gasteiger partial charge in [-0.3, -0.25) is 0 Å². The van der Waals surface area contributed by atoms with E-state index in [4.69, 9.17) is 16.3 Å². The van der Waals surface area contributed by atoms with Crippen molar-refractivity contribution in [3.8, 4) is 0 Å². The van der Waals surface area contributed by atoms with Gasteiger partial charge in [0, 0.05) is 7.11 Å². The van der Waals surface area contributed by atoms with E-state index >= 15 is 0 Å². The number of ether oxygens (including phenoxy) is 1. The van der Waals surface area contributed by atoms with E-state index < -0.39 is 12.3 Å². The molecule has 0 spiro atoms. The summed E-state index contributed by atoms with van der Waals surface area (Å²) >= 11 is 5.69. The Hall–Kier alpha value is -0.340. The largest absolute Gasteiger partial charge is 0.372 e. The Morgan fingerprint density at radius 3 is 2.64 bits per heavy atom. The van der Waals surface area contributed by atoms with E-state index in [9.17, 15) is 4.39 Å². The van der Waals surface area contributed by atoms with Gasteiger partial charge in [-0.25, -0.2) is 4.39 Å². The molecule has 0 heterocycles. The summed E-state index contributed by atoms with van der Waals surface area (Å²) in [5.41, 5.74) is 0.654. The molecule has 11 heavy (non-hydrogen) atoms. The van der Waals surface area contributed by atoms with Gasteiger partial charge in [-0.05, 0) is 18.6 Å². The lowest BCUT2D eigenvalue weighted by atomic mass is 10.0. The second-order valence-electron chi connectivity index (χ2n) is 2.52. The van der Waals surface area contributed by atoms with Crippen LogP contribution in [-0.2, 0) is 4.74 Å². The molecule has 0 aromatic carbocycles. The van der Waals surface area contributed by atoms with Crippen LogP contribution < -0.4 is 0 Å². The Kier molecular flexibility index (Phi) is 2.68. The molecule has 1 nitrogen and oxygen atoms in total. The number of hydrogen-bond donors (Lipinski definition) is 0. The van der Waals surface area contributed by atoms with E-state index in [0.717, 1.165) is 0 Å². The molecule has 0 amide bonds. The SMILES string of the molecule is COC1C(Cl)=CC=C(C)C1F. The zero-order valence-electron chi connectivity index (χ0n) is 6.47. The van der Waals surface area contributed by atoms with Gasteiger partial charge in [0.25, 0.3) is 0 Å². The monoisotopic (exact) mass is 176 g/mol. The molecule has 0 bridgehead atoms. The maximum atomic E-state index is 13.2. The summed E-state index contributed by atoms with van der Waals surface area (Å²) < 4.78 is 18.0. The third-order valence-electron chi connectivity index (χ3n) is 1.73. The molecule has 1 aliphatic rings. The minimum absolute atomic E-state index is 0.422. The van der Waals surface area contributed by atoms with Gasteiger partial charge in [0.2, 0.25) is 0 Å². The molecule has 1 rings (SSSR count). The van der Waals surface area contributed by atoms with E-state index in [1.165, 1.54) is 7.11 Å². The van der Waals surface area contributed by atoms with Crippen molar-refractivity contribution in [1.29, 1.82) is 0 Å². The summed E-state index contributed by atoms with van der Waals surface area (Å²) in [5.74, 6) is 0. The first-order valence-corrected chi connectivity index (χ1v) is 3.75. The van der Waals surface area contributed by atoms with Crippen LogP contribution in [0.2, 0.25) is 0 Å². The maximum absolute atomic E-state index is 13.2. The molecule has 0 N–H and O–H groups in total. The van der Waals surface area contributed by atoms with Gasteiger partial charge in [-0.2, -0.15) is 0 Å². The Balaban J connectivity index is 2.84. The minimum atomic E-state index is -1.10. The Morgan fingerprint density at radius 2 is 2.18 bits per heavy atom. The fourth-order valence-electron chi connectivity index (χ4n) is 1.01. The van der Waals surface area contributed by atoms with E-state index in [1.54, 1.807) is 19.1 Å². The molecule has 0 aromatic rings. The van der Waals surface area contributed by atoms with Gasteiger partial charge < -0.3 is 4.74 Å². The quantitative estimate of drug-likeness (QED) is 0.596. The first-order valence-electron chi connectivity index (χ1n) is 3.37. The Bertz CT molecular complexity index is 210. The van der Waals surface area contributed by atoms with Crippen molar-refractivity contribution >= 4 is 11.6 Å². The van der Waals surface area contributed by atoms with Crippen LogP contribution in [0.15, 0.2) is 22.8 Å². The summed E-state index contributed by atoms with van der Waals surface area (Å²) in [5, 5.41) is 0.422. The molecule has 1 aliphatic carbocycles.